The first-order valence-corrected chi connectivity index (χ1v) is 6.79. The van der Waals surface area contributed by atoms with E-state index >= 15 is 0 Å². The number of rotatable bonds is 5. The largest absolute Gasteiger partial charge is 0.502 e. The zero-order valence-corrected chi connectivity index (χ0v) is 11.9. The lowest BCUT2D eigenvalue weighted by molar-refractivity contribution is 0.104. The van der Waals surface area contributed by atoms with Gasteiger partial charge in [-0.2, -0.15) is 11.3 Å². The van der Waals surface area contributed by atoms with Crippen LogP contribution in [0.15, 0.2) is 35.0 Å². The van der Waals surface area contributed by atoms with Crippen molar-refractivity contribution in [2.45, 2.75) is 0 Å². The van der Waals surface area contributed by atoms with Gasteiger partial charge < -0.3 is 14.6 Å². The van der Waals surface area contributed by atoms with E-state index in [4.69, 9.17) is 9.47 Å². The maximum Gasteiger partial charge on any atom is 0.200 e. The number of carbonyl (C=O) groups excluding carboxylic acids is 1. The molecule has 0 amide bonds. The van der Waals surface area contributed by atoms with Gasteiger partial charge in [-0.15, -0.1) is 0 Å². The molecule has 1 heterocycles. The zero-order chi connectivity index (χ0) is 14.5. The first-order chi connectivity index (χ1) is 9.65. The third kappa shape index (κ3) is 3.00. The fourth-order valence-corrected chi connectivity index (χ4v) is 2.33. The summed E-state index contributed by atoms with van der Waals surface area (Å²) in [5.74, 6) is 0.465. The molecule has 2 aromatic rings. The summed E-state index contributed by atoms with van der Waals surface area (Å²) in [7, 11) is 2.91. The SMILES string of the molecule is COc1cc(/C=C/C(=O)c2ccsc2)cc(OC)c1O. The van der Waals surface area contributed by atoms with E-state index < -0.39 is 0 Å². The van der Waals surface area contributed by atoms with E-state index in [1.165, 1.54) is 31.6 Å². The van der Waals surface area contributed by atoms with Gasteiger partial charge in [0.25, 0.3) is 0 Å². The Hall–Kier alpha value is -2.27. The quantitative estimate of drug-likeness (QED) is 0.677. The lowest BCUT2D eigenvalue weighted by Gasteiger charge is -2.09. The van der Waals surface area contributed by atoms with Crippen LogP contribution in [0.1, 0.15) is 15.9 Å². The summed E-state index contributed by atoms with van der Waals surface area (Å²) >= 11 is 1.48. The van der Waals surface area contributed by atoms with Gasteiger partial charge in [-0.05, 0) is 35.2 Å². The van der Waals surface area contributed by atoms with Crippen LogP contribution in [-0.4, -0.2) is 25.1 Å². The first-order valence-electron chi connectivity index (χ1n) is 5.85. The highest BCUT2D eigenvalue weighted by molar-refractivity contribution is 7.08. The first kappa shape index (κ1) is 14.1. The van der Waals surface area contributed by atoms with Crippen LogP contribution in [0.5, 0.6) is 17.2 Å². The van der Waals surface area contributed by atoms with Crippen molar-refractivity contribution >= 4 is 23.2 Å². The molecule has 0 saturated heterocycles. The third-order valence-corrected chi connectivity index (χ3v) is 3.42. The minimum Gasteiger partial charge on any atom is -0.502 e. The molecular formula is C15H14O4S. The maximum absolute atomic E-state index is 11.9. The fourth-order valence-electron chi connectivity index (χ4n) is 1.68. The highest BCUT2D eigenvalue weighted by Crippen LogP contribution is 2.37. The number of ether oxygens (including phenoxy) is 2. The molecule has 1 aromatic carbocycles. The second kappa shape index (κ2) is 6.25. The Morgan fingerprint density at radius 3 is 2.40 bits per heavy atom. The lowest BCUT2D eigenvalue weighted by Crippen LogP contribution is -1.92. The molecule has 0 aliphatic heterocycles. The van der Waals surface area contributed by atoms with Gasteiger partial charge in [0, 0.05) is 10.9 Å². The molecule has 0 aliphatic carbocycles. The number of hydrogen-bond donors (Lipinski definition) is 1. The number of hydrogen-bond acceptors (Lipinski definition) is 5. The van der Waals surface area contributed by atoms with Crippen LogP contribution in [0.2, 0.25) is 0 Å². The van der Waals surface area contributed by atoms with Crippen LogP contribution in [0, 0.1) is 0 Å². The summed E-state index contributed by atoms with van der Waals surface area (Å²) in [5, 5.41) is 13.5. The molecule has 0 radical (unpaired) electrons. The Kier molecular flexibility index (Phi) is 4.42. The number of ketones is 1. The second-order valence-electron chi connectivity index (χ2n) is 3.98. The molecule has 0 unspecified atom stereocenters. The summed E-state index contributed by atoms with van der Waals surface area (Å²) in [6.07, 6.45) is 3.14. The van der Waals surface area contributed by atoms with Gasteiger partial charge in [-0.1, -0.05) is 6.08 Å². The molecule has 0 spiro atoms. The number of methoxy groups -OCH3 is 2. The molecule has 0 fully saturated rings. The van der Waals surface area contributed by atoms with Gasteiger partial charge in [0.15, 0.2) is 17.3 Å². The van der Waals surface area contributed by atoms with Crippen LogP contribution in [-0.2, 0) is 0 Å². The number of benzene rings is 1. The summed E-state index contributed by atoms with van der Waals surface area (Å²) in [6, 6.07) is 5.04. The fraction of sp³-hybridized carbons (Fsp3) is 0.133. The van der Waals surface area contributed by atoms with E-state index in [1.807, 2.05) is 5.38 Å². The van der Waals surface area contributed by atoms with Gasteiger partial charge >= 0.3 is 0 Å². The number of aromatic hydroxyl groups is 1. The molecule has 1 aromatic heterocycles. The highest BCUT2D eigenvalue weighted by Gasteiger charge is 2.10. The van der Waals surface area contributed by atoms with Gasteiger partial charge in [0.1, 0.15) is 0 Å². The Labute approximate surface area is 120 Å². The average Bonchev–Trinajstić information content (AvgIpc) is 3.00. The molecule has 5 heteroatoms. The van der Waals surface area contributed by atoms with Crippen molar-refractivity contribution in [3.63, 3.8) is 0 Å². The van der Waals surface area contributed by atoms with E-state index in [-0.39, 0.29) is 11.5 Å². The van der Waals surface area contributed by atoms with Crippen LogP contribution in [0.3, 0.4) is 0 Å². The number of phenolic OH excluding ortho intramolecular Hbond substituents is 1. The number of thiophene rings is 1. The molecule has 0 saturated carbocycles. The predicted octanol–water partition coefficient (Wildman–Crippen LogP) is 3.37. The van der Waals surface area contributed by atoms with Gasteiger partial charge in [-0.3, -0.25) is 4.79 Å². The molecule has 4 nitrogen and oxygen atoms in total. The Morgan fingerprint density at radius 1 is 1.25 bits per heavy atom. The minimum absolute atomic E-state index is 0.0590. The molecule has 20 heavy (non-hydrogen) atoms. The Bertz CT molecular complexity index is 604. The van der Waals surface area contributed by atoms with Crippen molar-refractivity contribution < 1.29 is 19.4 Å². The Morgan fingerprint density at radius 2 is 1.90 bits per heavy atom. The van der Waals surface area contributed by atoms with E-state index in [0.29, 0.717) is 22.6 Å². The van der Waals surface area contributed by atoms with E-state index in [1.54, 1.807) is 29.7 Å². The topological polar surface area (TPSA) is 55.8 Å². The highest BCUT2D eigenvalue weighted by atomic mass is 32.1. The zero-order valence-electron chi connectivity index (χ0n) is 11.1. The van der Waals surface area contributed by atoms with E-state index in [2.05, 4.69) is 0 Å². The van der Waals surface area contributed by atoms with Gasteiger partial charge in [0.2, 0.25) is 5.75 Å². The number of allylic oxidation sites excluding steroid dienone is 1. The third-order valence-electron chi connectivity index (χ3n) is 2.73. The lowest BCUT2D eigenvalue weighted by atomic mass is 10.1. The van der Waals surface area contributed by atoms with E-state index in [9.17, 15) is 9.90 Å². The van der Waals surface area contributed by atoms with Crippen molar-refractivity contribution in [2.75, 3.05) is 14.2 Å². The average molecular weight is 290 g/mol. The van der Waals surface area contributed by atoms with Crippen molar-refractivity contribution in [1.82, 2.24) is 0 Å². The minimum atomic E-state index is -0.0720. The van der Waals surface area contributed by atoms with Crippen LogP contribution in [0.25, 0.3) is 6.08 Å². The van der Waals surface area contributed by atoms with E-state index in [0.717, 1.165) is 0 Å². The normalized spacial score (nSPS) is 10.7. The van der Waals surface area contributed by atoms with Gasteiger partial charge in [0.05, 0.1) is 14.2 Å². The molecule has 104 valence electrons. The summed E-state index contributed by atoms with van der Waals surface area (Å²) < 4.78 is 10.1. The summed E-state index contributed by atoms with van der Waals surface area (Å²) in [4.78, 5) is 11.9. The molecule has 0 bridgehead atoms. The predicted molar refractivity (Wildman–Crippen MR) is 78.9 cm³/mol. The monoisotopic (exact) mass is 290 g/mol. The Balaban J connectivity index is 2.27. The van der Waals surface area contributed by atoms with Crippen molar-refractivity contribution in [3.05, 3.63) is 46.2 Å². The van der Waals surface area contributed by atoms with Crippen molar-refractivity contribution in [2.24, 2.45) is 0 Å². The molecule has 2 rings (SSSR count). The second-order valence-corrected chi connectivity index (χ2v) is 4.76. The van der Waals surface area contributed by atoms with Crippen LogP contribution >= 0.6 is 11.3 Å². The molecule has 1 N–H and O–H groups in total. The smallest absolute Gasteiger partial charge is 0.200 e. The number of carbonyl (C=O) groups is 1. The standard InChI is InChI=1S/C15H14O4S/c1-18-13-7-10(8-14(19-2)15(13)17)3-4-12(16)11-5-6-20-9-11/h3-9,17H,1-2H3/b4-3+. The van der Waals surface area contributed by atoms with Crippen molar-refractivity contribution in [1.29, 1.82) is 0 Å². The van der Waals surface area contributed by atoms with Gasteiger partial charge in [-0.25, -0.2) is 0 Å². The summed E-state index contributed by atoms with van der Waals surface area (Å²) in [6.45, 7) is 0. The number of phenols is 1. The van der Waals surface area contributed by atoms with Crippen molar-refractivity contribution in [3.8, 4) is 17.2 Å². The van der Waals surface area contributed by atoms with Crippen LogP contribution in [0.4, 0.5) is 0 Å². The van der Waals surface area contributed by atoms with Crippen LogP contribution < -0.4 is 9.47 Å². The molecule has 0 aliphatic rings. The molecular weight excluding hydrogens is 276 g/mol. The maximum atomic E-state index is 11.9. The summed E-state index contributed by atoms with van der Waals surface area (Å²) in [5.41, 5.74) is 1.36. The molecule has 0 atom stereocenters.